The van der Waals surface area contributed by atoms with E-state index >= 15 is 0 Å². The summed E-state index contributed by atoms with van der Waals surface area (Å²) in [6.45, 7) is 0.428. The zero-order valence-electron chi connectivity index (χ0n) is 13.6. The summed E-state index contributed by atoms with van der Waals surface area (Å²) in [5, 5.41) is 14.9. The molecule has 0 heterocycles. The molecule has 24 heavy (non-hydrogen) atoms. The smallest absolute Gasteiger partial charge is 0.226 e. The molecule has 1 amide bonds. The monoisotopic (exact) mass is 325 g/mol. The van der Waals surface area contributed by atoms with Gasteiger partial charge in [-0.1, -0.05) is 12.1 Å². The lowest BCUT2D eigenvalue weighted by atomic mass is 10.2. The van der Waals surface area contributed by atoms with Crippen LogP contribution in [0.3, 0.4) is 0 Å². The topological polar surface area (TPSA) is 83.4 Å². The molecule has 0 aromatic heterocycles. The second kappa shape index (κ2) is 8.44. The van der Waals surface area contributed by atoms with E-state index in [1.807, 2.05) is 12.1 Å². The second-order valence-corrected chi connectivity index (χ2v) is 4.95. The number of nitriles is 1. The zero-order valence-corrected chi connectivity index (χ0v) is 13.6. The van der Waals surface area contributed by atoms with Gasteiger partial charge in [0.25, 0.3) is 0 Å². The number of hydrogen-bond donors (Lipinski definition) is 2. The van der Waals surface area contributed by atoms with Crippen LogP contribution in [0.25, 0.3) is 0 Å². The van der Waals surface area contributed by atoms with E-state index in [1.165, 1.54) is 0 Å². The van der Waals surface area contributed by atoms with Gasteiger partial charge in [-0.15, -0.1) is 0 Å². The number of carbonyl (C=O) groups excluding carboxylic acids is 1. The molecule has 0 saturated heterocycles. The van der Waals surface area contributed by atoms with E-state index in [-0.39, 0.29) is 12.3 Å². The fraction of sp³-hybridized carbons (Fsp3) is 0.222. The summed E-state index contributed by atoms with van der Waals surface area (Å²) >= 11 is 0. The second-order valence-electron chi connectivity index (χ2n) is 4.95. The number of hydrogen-bond acceptors (Lipinski definition) is 5. The number of nitrogens with zero attached hydrogens (tertiary/aromatic N) is 1. The number of methoxy groups -OCH3 is 2. The molecule has 6 nitrogen and oxygen atoms in total. The molecule has 124 valence electrons. The molecule has 0 fully saturated rings. The van der Waals surface area contributed by atoms with E-state index in [1.54, 1.807) is 44.6 Å². The van der Waals surface area contributed by atoms with Crippen LogP contribution in [0, 0.1) is 11.3 Å². The quantitative estimate of drug-likeness (QED) is 0.817. The standard InChI is InChI=1S/C18H19N3O3/c1-23-16-8-7-14(11-17(16)24-2)21-18(22)9-10-20-15-6-4-3-5-13(15)12-19/h3-8,11,20H,9-10H2,1-2H3,(H,21,22). The normalized spacial score (nSPS) is 9.71. The molecule has 0 aliphatic carbocycles. The summed E-state index contributed by atoms with van der Waals surface area (Å²) in [5.41, 5.74) is 1.91. The molecular formula is C18H19N3O3. The summed E-state index contributed by atoms with van der Waals surface area (Å²) < 4.78 is 10.4. The van der Waals surface area contributed by atoms with Crippen LogP contribution < -0.4 is 20.1 Å². The predicted molar refractivity (Wildman–Crippen MR) is 92.4 cm³/mol. The lowest BCUT2D eigenvalue weighted by molar-refractivity contribution is -0.115. The summed E-state index contributed by atoms with van der Waals surface area (Å²) in [4.78, 5) is 12.0. The first kappa shape index (κ1) is 17.2. The molecule has 6 heteroatoms. The minimum Gasteiger partial charge on any atom is -0.493 e. The maximum atomic E-state index is 12.0. The Morgan fingerprint density at radius 3 is 2.58 bits per heavy atom. The van der Waals surface area contributed by atoms with Gasteiger partial charge in [0.15, 0.2) is 11.5 Å². The predicted octanol–water partition coefficient (Wildman–Crippen LogP) is 3.02. The Morgan fingerprint density at radius 1 is 1.12 bits per heavy atom. The average molecular weight is 325 g/mol. The fourth-order valence-electron chi connectivity index (χ4n) is 2.18. The molecular weight excluding hydrogens is 306 g/mol. The summed E-state index contributed by atoms with van der Waals surface area (Å²) in [7, 11) is 3.10. The Morgan fingerprint density at radius 2 is 1.88 bits per heavy atom. The number of amides is 1. The molecule has 0 atom stereocenters. The highest BCUT2D eigenvalue weighted by atomic mass is 16.5. The molecule has 2 aromatic carbocycles. The Bertz CT molecular complexity index is 753. The first-order chi connectivity index (χ1) is 11.7. The van der Waals surface area contributed by atoms with Crippen LogP contribution in [0.2, 0.25) is 0 Å². The molecule has 0 aliphatic heterocycles. The number of rotatable bonds is 7. The van der Waals surface area contributed by atoms with Crippen LogP contribution in [-0.2, 0) is 4.79 Å². The number of anilines is 2. The first-order valence-electron chi connectivity index (χ1n) is 7.42. The number of carbonyl (C=O) groups is 1. The molecule has 2 N–H and O–H groups in total. The number of ether oxygens (including phenoxy) is 2. The highest BCUT2D eigenvalue weighted by Crippen LogP contribution is 2.29. The fourth-order valence-corrected chi connectivity index (χ4v) is 2.18. The van der Waals surface area contributed by atoms with Gasteiger partial charge in [0.05, 0.1) is 25.5 Å². The van der Waals surface area contributed by atoms with Crippen molar-refractivity contribution in [3.63, 3.8) is 0 Å². The molecule has 2 rings (SSSR count). The largest absolute Gasteiger partial charge is 0.493 e. The van der Waals surface area contributed by atoms with Crippen molar-refractivity contribution in [3.8, 4) is 17.6 Å². The molecule has 2 aromatic rings. The van der Waals surface area contributed by atoms with Crippen molar-refractivity contribution in [3.05, 3.63) is 48.0 Å². The van der Waals surface area contributed by atoms with E-state index in [4.69, 9.17) is 14.7 Å². The molecule has 0 radical (unpaired) electrons. The highest BCUT2D eigenvalue weighted by Gasteiger charge is 2.08. The molecule has 0 spiro atoms. The van der Waals surface area contributed by atoms with Crippen molar-refractivity contribution in [2.45, 2.75) is 6.42 Å². The van der Waals surface area contributed by atoms with Crippen molar-refractivity contribution in [1.82, 2.24) is 0 Å². The third-order valence-corrected chi connectivity index (χ3v) is 3.38. The summed E-state index contributed by atoms with van der Waals surface area (Å²) in [5.74, 6) is 1.02. The summed E-state index contributed by atoms with van der Waals surface area (Å²) in [6.07, 6.45) is 0.272. The minimum absolute atomic E-state index is 0.135. The van der Waals surface area contributed by atoms with Crippen LogP contribution in [0.4, 0.5) is 11.4 Å². The minimum atomic E-state index is -0.135. The van der Waals surface area contributed by atoms with Crippen molar-refractivity contribution in [2.75, 3.05) is 31.4 Å². The van der Waals surface area contributed by atoms with Crippen LogP contribution in [-0.4, -0.2) is 26.7 Å². The van der Waals surface area contributed by atoms with Crippen molar-refractivity contribution in [1.29, 1.82) is 5.26 Å². The SMILES string of the molecule is COc1ccc(NC(=O)CCNc2ccccc2C#N)cc1OC. The maximum absolute atomic E-state index is 12.0. The average Bonchev–Trinajstić information content (AvgIpc) is 2.62. The lowest BCUT2D eigenvalue weighted by Gasteiger charge is -2.11. The van der Waals surface area contributed by atoms with Gasteiger partial charge in [-0.2, -0.15) is 5.26 Å². The van der Waals surface area contributed by atoms with Gasteiger partial charge >= 0.3 is 0 Å². The first-order valence-corrected chi connectivity index (χ1v) is 7.42. The van der Waals surface area contributed by atoms with E-state index < -0.39 is 0 Å². The van der Waals surface area contributed by atoms with E-state index in [9.17, 15) is 4.79 Å². The van der Waals surface area contributed by atoms with Crippen LogP contribution >= 0.6 is 0 Å². The van der Waals surface area contributed by atoms with Crippen molar-refractivity contribution >= 4 is 17.3 Å². The van der Waals surface area contributed by atoms with Crippen molar-refractivity contribution in [2.24, 2.45) is 0 Å². The molecule has 0 unspecified atom stereocenters. The van der Waals surface area contributed by atoms with E-state index in [2.05, 4.69) is 16.7 Å². The van der Waals surface area contributed by atoms with Crippen LogP contribution in [0.5, 0.6) is 11.5 Å². The maximum Gasteiger partial charge on any atom is 0.226 e. The van der Waals surface area contributed by atoms with Gasteiger partial charge in [0, 0.05) is 24.7 Å². The Labute approximate surface area is 141 Å². The molecule has 0 saturated carbocycles. The lowest BCUT2D eigenvalue weighted by Crippen LogP contribution is -2.16. The molecule has 0 aliphatic rings. The van der Waals surface area contributed by atoms with E-state index in [0.717, 1.165) is 5.69 Å². The molecule has 0 bridgehead atoms. The van der Waals surface area contributed by atoms with Gasteiger partial charge in [0.2, 0.25) is 5.91 Å². The number of para-hydroxylation sites is 1. The van der Waals surface area contributed by atoms with Crippen LogP contribution in [0.1, 0.15) is 12.0 Å². The Kier molecular flexibility index (Phi) is 6.03. The van der Waals surface area contributed by atoms with Gasteiger partial charge in [-0.05, 0) is 24.3 Å². The third kappa shape index (κ3) is 4.40. The van der Waals surface area contributed by atoms with Gasteiger partial charge in [-0.3, -0.25) is 4.79 Å². The highest BCUT2D eigenvalue weighted by molar-refractivity contribution is 5.91. The Balaban J connectivity index is 1.89. The third-order valence-electron chi connectivity index (χ3n) is 3.38. The Hall–Kier alpha value is -3.20. The zero-order chi connectivity index (χ0) is 17.4. The van der Waals surface area contributed by atoms with Crippen LogP contribution in [0.15, 0.2) is 42.5 Å². The van der Waals surface area contributed by atoms with Gasteiger partial charge < -0.3 is 20.1 Å². The van der Waals surface area contributed by atoms with Gasteiger partial charge in [0.1, 0.15) is 6.07 Å². The number of benzene rings is 2. The van der Waals surface area contributed by atoms with Crippen molar-refractivity contribution < 1.29 is 14.3 Å². The summed E-state index contributed by atoms with van der Waals surface area (Å²) in [6, 6.07) is 14.5. The van der Waals surface area contributed by atoms with Gasteiger partial charge in [-0.25, -0.2) is 0 Å². The number of nitrogens with one attached hydrogen (secondary N) is 2. The van der Waals surface area contributed by atoms with E-state index in [0.29, 0.717) is 29.3 Å².